The van der Waals surface area contributed by atoms with Gasteiger partial charge in [-0.1, -0.05) is 18.2 Å². The van der Waals surface area contributed by atoms with E-state index in [1.807, 2.05) is 73.1 Å². The van der Waals surface area contributed by atoms with Gasteiger partial charge in [-0.25, -0.2) is 9.36 Å². The van der Waals surface area contributed by atoms with Gasteiger partial charge in [-0.05, 0) is 66.2 Å². The van der Waals surface area contributed by atoms with Crippen LogP contribution < -0.4 is 5.32 Å². The highest BCUT2D eigenvalue weighted by atomic mass is 32.1. The van der Waals surface area contributed by atoms with E-state index in [2.05, 4.69) is 25.9 Å². The Hall–Kier alpha value is -3.85. The zero-order valence-electron chi connectivity index (χ0n) is 16.3. The molecular formula is C21H17N7OS. The Labute approximate surface area is 175 Å². The van der Waals surface area contributed by atoms with Crippen LogP contribution in [0.25, 0.3) is 21.6 Å². The first-order chi connectivity index (χ1) is 14.6. The minimum atomic E-state index is -0.148. The van der Waals surface area contributed by atoms with Crippen molar-refractivity contribution >= 4 is 33.1 Å². The third-order valence-electron chi connectivity index (χ3n) is 4.82. The second kappa shape index (κ2) is 7.20. The van der Waals surface area contributed by atoms with Crippen molar-refractivity contribution in [2.24, 2.45) is 0 Å². The number of hydrogen-bond acceptors (Lipinski definition) is 6. The molecule has 3 aromatic heterocycles. The van der Waals surface area contributed by atoms with Crippen LogP contribution in [0.3, 0.4) is 0 Å². The Morgan fingerprint density at radius 1 is 1.07 bits per heavy atom. The molecule has 0 aliphatic heterocycles. The monoisotopic (exact) mass is 415 g/mol. The molecule has 9 heteroatoms. The number of thiophene rings is 1. The predicted molar refractivity (Wildman–Crippen MR) is 116 cm³/mol. The number of aryl methyl sites for hydroxylation is 2. The van der Waals surface area contributed by atoms with Crippen LogP contribution in [0.4, 0.5) is 5.69 Å². The summed E-state index contributed by atoms with van der Waals surface area (Å²) in [5.74, 6) is -0.148. The molecule has 30 heavy (non-hydrogen) atoms. The highest BCUT2D eigenvalue weighted by molar-refractivity contribution is 7.20. The Kier molecular flexibility index (Phi) is 4.36. The predicted octanol–water partition coefficient (Wildman–Crippen LogP) is 3.93. The van der Waals surface area contributed by atoms with Crippen molar-refractivity contribution < 1.29 is 4.79 Å². The second-order valence-corrected chi connectivity index (χ2v) is 7.90. The Bertz CT molecular complexity index is 1350. The Morgan fingerprint density at radius 2 is 1.90 bits per heavy atom. The number of hydrogen-bond donors (Lipinski definition) is 1. The van der Waals surface area contributed by atoms with Crippen LogP contribution in [-0.4, -0.2) is 35.9 Å². The molecule has 5 rings (SSSR count). The van der Waals surface area contributed by atoms with Gasteiger partial charge in [0.1, 0.15) is 11.2 Å². The van der Waals surface area contributed by atoms with E-state index < -0.39 is 0 Å². The van der Waals surface area contributed by atoms with Gasteiger partial charge >= 0.3 is 0 Å². The van der Waals surface area contributed by atoms with Gasteiger partial charge < -0.3 is 5.32 Å². The quantitative estimate of drug-likeness (QED) is 0.480. The number of nitrogens with zero attached hydrogens (tertiary/aromatic N) is 6. The molecule has 3 heterocycles. The van der Waals surface area contributed by atoms with E-state index >= 15 is 0 Å². The fraction of sp³-hybridized carbons (Fsp3) is 0.0952. The van der Waals surface area contributed by atoms with Crippen LogP contribution in [0.2, 0.25) is 0 Å². The van der Waals surface area contributed by atoms with Crippen LogP contribution in [0.15, 0.2) is 60.9 Å². The number of nitrogens with one attached hydrogen (secondary N) is 1. The van der Waals surface area contributed by atoms with Crippen molar-refractivity contribution in [1.82, 2.24) is 30.0 Å². The average Bonchev–Trinajstić information content (AvgIpc) is 3.47. The molecule has 0 spiro atoms. The number of aromatic nitrogens is 6. The number of amides is 1. The molecular weight excluding hydrogens is 398 g/mol. The topological polar surface area (TPSA) is 90.5 Å². The number of carbonyl (C=O) groups excluding carboxylic acids is 1. The molecule has 8 nitrogen and oxygen atoms in total. The fourth-order valence-electron chi connectivity index (χ4n) is 3.36. The standard InChI is InChI=1S/C21H17N7OS/c1-13-10-15(8-9-18(13)27-12-22-25-26-27)23-20(29)19-11-17-14(2)24-28(21(17)30-19)16-6-4-3-5-7-16/h3-12H,1-2H3,(H,23,29). The van der Waals surface area contributed by atoms with Crippen molar-refractivity contribution in [3.05, 3.63) is 77.1 Å². The number of para-hydroxylation sites is 1. The summed E-state index contributed by atoms with van der Waals surface area (Å²) >= 11 is 1.43. The lowest BCUT2D eigenvalue weighted by Gasteiger charge is -2.08. The maximum atomic E-state index is 12.9. The summed E-state index contributed by atoms with van der Waals surface area (Å²) in [6, 6.07) is 17.4. The SMILES string of the molecule is Cc1cc(NC(=O)c2cc3c(C)nn(-c4ccccc4)c3s2)ccc1-n1cnnn1. The summed E-state index contributed by atoms with van der Waals surface area (Å²) in [6.45, 7) is 3.90. The van der Waals surface area contributed by atoms with Gasteiger partial charge in [0, 0.05) is 11.1 Å². The Morgan fingerprint density at radius 3 is 2.63 bits per heavy atom. The van der Waals surface area contributed by atoms with Crippen molar-refractivity contribution in [1.29, 1.82) is 0 Å². The van der Waals surface area contributed by atoms with Gasteiger partial charge in [0.05, 0.1) is 21.9 Å². The summed E-state index contributed by atoms with van der Waals surface area (Å²) in [4.78, 5) is 14.5. The van der Waals surface area contributed by atoms with E-state index in [1.54, 1.807) is 4.68 Å². The zero-order valence-corrected chi connectivity index (χ0v) is 17.1. The van der Waals surface area contributed by atoms with Gasteiger partial charge in [-0.3, -0.25) is 4.79 Å². The highest BCUT2D eigenvalue weighted by Gasteiger charge is 2.17. The van der Waals surface area contributed by atoms with Gasteiger partial charge in [-0.2, -0.15) is 5.10 Å². The van der Waals surface area contributed by atoms with Gasteiger partial charge in [0.25, 0.3) is 5.91 Å². The van der Waals surface area contributed by atoms with Gasteiger partial charge in [0.2, 0.25) is 0 Å². The van der Waals surface area contributed by atoms with Crippen molar-refractivity contribution in [3.63, 3.8) is 0 Å². The van der Waals surface area contributed by atoms with E-state index in [0.29, 0.717) is 10.6 Å². The van der Waals surface area contributed by atoms with E-state index in [4.69, 9.17) is 0 Å². The molecule has 148 valence electrons. The molecule has 0 fully saturated rings. The smallest absolute Gasteiger partial charge is 0.265 e. The molecule has 0 bridgehead atoms. The van der Waals surface area contributed by atoms with Crippen LogP contribution in [0.1, 0.15) is 20.9 Å². The maximum Gasteiger partial charge on any atom is 0.265 e. The van der Waals surface area contributed by atoms with Crippen LogP contribution >= 0.6 is 11.3 Å². The largest absolute Gasteiger partial charge is 0.321 e. The van der Waals surface area contributed by atoms with E-state index in [9.17, 15) is 4.79 Å². The first kappa shape index (κ1) is 18.2. The molecule has 0 aliphatic rings. The molecule has 0 saturated carbocycles. The molecule has 0 atom stereocenters. The maximum absolute atomic E-state index is 12.9. The van der Waals surface area contributed by atoms with Gasteiger partial charge in [-0.15, -0.1) is 16.4 Å². The number of fused-ring (bicyclic) bond motifs is 1. The number of benzene rings is 2. The zero-order chi connectivity index (χ0) is 20.7. The third kappa shape index (κ3) is 3.15. The molecule has 1 N–H and O–H groups in total. The van der Waals surface area contributed by atoms with Crippen LogP contribution in [0.5, 0.6) is 0 Å². The van der Waals surface area contributed by atoms with E-state index in [0.717, 1.165) is 32.8 Å². The number of anilines is 1. The normalized spacial score (nSPS) is 11.1. The molecule has 0 saturated heterocycles. The number of tetrazole rings is 1. The minimum absolute atomic E-state index is 0.148. The molecule has 2 aromatic carbocycles. The average molecular weight is 415 g/mol. The summed E-state index contributed by atoms with van der Waals surface area (Å²) in [6.07, 6.45) is 1.54. The molecule has 1 amide bonds. The van der Waals surface area contributed by atoms with Crippen molar-refractivity contribution in [2.45, 2.75) is 13.8 Å². The first-order valence-electron chi connectivity index (χ1n) is 9.30. The number of rotatable bonds is 4. The van der Waals surface area contributed by atoms with Crippen molar-refractivity contribution in [2.75, 3.05) is 5.32 Å². The highest BCUT2D eigenvalue weighted by Crippen LogP contribution is 2.31. The summed E-state index contributed by atoms with van der Waals surface area (Å²) < 4.78 is 3.47. The molecule has 0 unspecified atom stereocenters. The van der Waals surface area contributed by atoms with Crippen molar-refractivity contribution in [3.8, 4) is 11.4 Å². The summed E-state index contributed by atoms with van der Waals surface area (Å²) in [7, 11) is 0. The minimum Gasteiger partial charge on any atom is -0.321 e. The lowest BCUT2D eigenvalue weighted by atomic mass is 10.1. The first-order valence-corrected chi connectivity index (χ1v) is 10.1. The van der Waals surface area contributed by atoms with Crippen LogP contribution in [0, 0.1) is 13.8 Å². The van der Waals surface area contributed by atoms with Crippen LogP contribution in [-0.2, 0) is 0 Å². The summed E-state index contributed by atoms with van der Waals surface area (Å²) in [5.41, 5.74) is 4.39. The second-order valence-electron chi connectivity index (χ2n) is 6.87. The molecule has 0 aliphatic carbocycles. The Balaban J connectivity index is 1.44. The van der Waals surface area contributed by atoms with Gasteiger partial charge in [0.15, 0.2) is 0 Å². The lowest BCUT2D eigenvalue weighted by Crippen LogP contribution is -2.10. The third-order valence-corrected chi connectivity index (χ3v) is 5.93. The van der Waals surface area contributed by atoms with E-state index in [-0.39, 0.29) is 5.91 Å². The molecule has 5 aromatic rings. The fourth-order valence-corrected chi connectivity index (χ4v) is 4.44. The van der Waals surface area contributed by atoms with E-state index in [1.165, 1.54) is 17.7 Å². The molecule has 0 radical (unpaired) electrons. The lowest BCUT2D eigenvalue weighted by molar-refractivity contribution is 0.103. The number of carbonyl (C=O) groups is 1. The summed E-state index contributed by atoms with van der Waals surface area (Å²) in [5, 5.41) is 19.8.